The molecule has 25 heavy (non-hydrogen) atoms. The average molecular weight is 374 g/mol. The summed E-state index contributed by atoms with van der Waals surface area (Å²) in [5.74, 6) is 0. The van der Waals surface area contributed by atoms with E-state index in [-0.39, 0.29) is 12.4 Å². The SMILES string of the molecule is CCCCCCCC1CC(C)(CC)CC[N+]1(C)CCCCCCC.[Cl-]. The van der Waals surface area contributed by atoms with Gasteiger partial charge in [0.1, 0.15) is 0 Å². The Morgan fingerprint density at radius 1 is 0.840 bits per heavy atom. The van der Waals surface area contributed by atoms with Crippen LogP contribution in [0.5, 0.6) is 0 Å². The Morgan fingerprint density at radius 3 is 1.96 bits per heavy atom. The highest BCUT2D eigenvalue weighted by molar-refractivity contribution is 4.82. The van der Waals surface area contributed by atoms with Crippen molar-refractivity contribution in [1.82, 2.24) is 0 Å². The summed E-state index contributed by atoms with van der Waals surface area (Å²) >= 11 is 0. The van der Waals surface area contributed by atoms with Crippen LogP contribution in [0.2, 0.25) is 0 Å². The second-order valence-corrected chi connectivity index (χ2v) is 9.32. The van der Waals surface area contributed by atoms with Gasteiger partial charge in [-0.3, -0.25) is 0 Å². The van der Waals surface area contributed by atoms with Gasteiger partial charge in [0.05, 0.1) is 26.2 Å². The molecule has 0 radical (unpaired) electrons. The zero-order valence-electron chi connectivity index (χ0n) is 18.2. The molecule has 0 aromatic heterocycles. The summed E-state index contributed by atoms with van der Waals surface area (Å²) in [7, 11) is 2.59. The van der Waals surface area contributed by atoms with Gasteiger partial charge in [-0.2, -0.15) is 0 Å². The summed E-state index contributed by atoms with van der Waals surface area (Å²) < 4.78 is 1.38. The van der Waals surface area contributed by atoms with E-state index in [1.165, 1.54) is 107 Å². The van der Waals surface area contributed by atoms with Crippen LogP contribution in [0.25, 0.3) is 0 Å². The molecule has 152 valence electrons. The van der Waals surface area contributed by atoms with E-state index in [2.05, 4.69) is 34.7 Å². The quantitative estimate of drug-likeness (QED) is 0.332. The lowest BCUT2D eigenvalue weighted by atomic mass is 9.73. The summed E-state index contributed by atoms with van der Waals surface area (Å²) in [6, 6.07) is 0.927. The molecule has 1 nitrogen and oxygen atoms in total. The van der Waals surface area contributed by atoms with Crippen molar-refractivity contribution in [1.29, 1.82) is 0 Å². The second-order valence-electron chi connectivity index (χ2n) is 9.32. The molecule has 1 saturated heterocycles. The van der Waals surface area contributed by atoms with Gasteiger partial charge in [-0.05, 0) is 31.1 Å². The fourth-order valence-electron chi connectivity index (χ4n) is 4.69. The molecule has 1 aliphatic rings. The van der Waals surface area contributed by atoms with Crippen LogP contribution in [-0.4, -0.2) is 30.7 Å². The van der Waals surface area contributed by atoms with E-state index in [9.17, 15) is 0 Å². The summed E-state index contributed by atoms with van der Waals surface area (Å²) in [5.41, 5.74) is 0.619. The van der Waals surface area contributed by atoms with Crippen LogP contribution in [0.3, 0.4) is 0 Å². The molecule has 1 rings (SSSR count). The van der Waals surface area contributed by atoms with Gasteiger partial charge in [-0.25, -0.2) is 0 Å². The van der Waals surface area contributed by atoms with Crippen molar-refractivity contribution in [2.24, 2.45) is 5.41 Å². The molecule has 0 bridgehead atoms. The van der Waals surface area contributed by atoms with E-state index in [4.69, 9.17) is 0 Å². The molecule has 3 unspecified atom stereocenters. The van der Waals surface area contributed by atoms with Crippen LogP contribution < -0.4 is 12.4 Å². The highest BCUT2D eigenvalue weighted by Gasteiger charge is 2.43. The fourth-order valence-corrected chi connectivity index (χ4v) is 4.69. The molecule has 1 aliphatic heterocycles. The smallest absolute Gasteiger partial charge is 0.0893 e. The topological polar surface area (TPSA) is 0 Å². The average Bonchev–Trinajstić information content (AvgIpc) is 2.58. The molecule has 0 aromatic carbocycles. The lowest BCUT2D eigenvalue weighted by molar-refractivity contribution is -0.941. The van der Waals surface area contributed by atoms with Gasteiger partial charge in [-0.1, -0.05) is 79.1 Å². The minimum absolute atomic E-state index is 0. The number of unbranched alkanes of at least 4 members (excludes halogenated alkanes) is 8. The maximum Gasteiger partial charge on any atom is 0.0893 e. The van der Waals surface area contributed by atoms with Crippen molar-refractivity contribution in [2.45, 2.75) is 124 Å². The molecule has 0 amide bonds. The molecular formula is C23H48ClN. The third-order valence-electron chi connectivity index (χ3n) is 7.10. The van der Waals surface area contributed by atoms with Gasteiger partial charge >= 0.3 is 0 Å². The van der Waals surface area contributed by atoms with Crippen LogP contribution in [0, 0.1) is 5.41 Å². The van der Waals surface area contributed by atoms with E-state index < -0.39 is 0 Å². The Bertz CT molecular complexity index is 319. The zero-order valence-corrected chi connectivity index (χ0v) is 19.0. The Morgan fingerprint density at radius 2 is 1.40 bits per heavy atom. The Balaban J connectivity index is 0.00000576. The Kier molecular flexibility index (Phi) is 13.6. The number of rotatable bonds is 13. The summed E-state index contributed by atoms with van der Waals surface area (Å²) in [5, 5.41) is 0. The van der Waals surface area contributed by atoms with E-state index in [0.717, 1.165) is 6.04 Å². The molecule has 0 saturated carbocycles. The maximum atomic E-state index is 2.59. The third kappa shape index (κ3) is 9.14. The van der Waals surface area contributed by atoms with Gasteiger partial charge in [-0.15, -0.1) is 0 Å². The Hall–Kier alpha value is 0.250. The van der Waals surface area contributed by atoms with Crippen molar-refractivity contribution in [3.8, 4) is 0 Å². The monoisotopic (exact) mass is 373 g/mol. The maximum absolute atomic E-state index is 2.59. The molecule has 1 fully saturated rings. The number of hydrogen-bond donors (Lipinski definition) is 0. The minimum Gasteiger partial charge on any atom is -1.00 e. The highest BCUT2D eigenvalue weighted by Crippen LogP contribution is 2.41. The number of likely N-dealkylation sites (tertiary alicyclic amines) is 1. The summed E-state index contributed by atoms with van der Waals surface area (Å²) in [6.45, 7) is 12.5. The van der Waals surface area contributed by atoms with Crippen molar-refractivity contribution >= 4 is 0 Å². The van der Waals surface area contributed by atoms with Crippen molar-refractivity contribution in [2.75, 3.05) is 20.1 Å². The predicted molar refractivity (Wildman–Crippen MR) is 109 cm³/mol. The summed E-state index contributed by atoms with van der Waals surface area (Å²) in [6.07, 6.45) is 20.1. The molecule has 0 N–H and O–H groups in total. The molecule has 0 spiro atoms. The summed E-state index contributed by atoms with van der Waals surface area (Å²) in [4.78, 5) is 0. The van der Waals surface area contributed by atoms with Crippen LogP contribution in [0.15, 0.2) is 0 Å². The molecule has 0 aromatic rings. The third-order valence-corrected chi connectivity index (χ3v) is 7.10. The fraction of sp³-hybridized carbons (Fsp3) is 1.00. The first-order chi connectivity index (χ1) is 11.5. The number of piperidine rings is 1. The van der Waals surface area contributed by atoms with Crippen LogP contribution in [0.4, 0.5) is 0 Å². The molecular weight excluding hydrogens is 326 g/mol. The number of hydrogen-bond acceptors (Lipinski definition) is 0. The van der Waals surface area contributed by atoms with Crippen LogP contribution >= 0.6 is 0 Å². The van der Waals surface area contributed by atoms with E-state index in [0.29, 0.717) is 5.41 Å². The molecule has 0 aliphatic carbocycles. The van der Waals surface area contributed by atoms with Crippen molar-refractivity contribution in [3.63, 3.8) is 0 Å². The Labute approximate surface area is 166 Å². The van der Waals surface area contributed by atoms with E-state index >= 15 is 0 Å². The number of quaternary nitrogens is 1. The standard InChI is InChI=1S/C23H48N.ClH/c1-6-9-11-13-15-17-22-21-23(4,8-3)18-20-24(22,5)19-16-14-12-10-7-2;/h22H,6-21H2,1-5H3;1H/q+1;/p-1. The second kappa shape index (κ2) is 13.4. The molecule has 2 heteroatoms. The zero-order chi connectivity index (χ0) is 17.9. The first-order valence-corrected chi connectivity index (χ1v) is 11.3. The highest BCUT2D eigenvalue weighted by atomic mass is 35.5. The van der Waals surface area contributed by atoms with Gasteiger partial charge in [0.2, 0.25) is 0 Å². The molecule has 1 heterocycles. The van der Waals surface area contributed by atoms with Gasteiger partial charge in [0.15, 0.2) is 0 Å². The van der Waals surface area contributed by atoms with Gasteiger partial charge < -0.3 is 16.9 Å². The predicted octanol–water partition coefficient (Wildman–Crippen LogP) is 4.35. The normalized spacial score (nSPS) is 29.4. The number of halogens is 1. The van der Waals surface area contributed by atoms with Crippen LogP contribution in [0.1, 0.15) is 118 Å². The lowest BCUT2D eigenvalue weighted by Gasteiger charge is -2.51. The van der Waals surface area contributed by atoms with Crippen molar-refractivity contribution < 1.29 is 16.9 Å². The van der Waals surface area contributed by atoms with Crippen LogP contribution in [-0.2, 0) is 0 Å². The first-order valence-electron chi connectivity index (χ1n) is 11.3. The lowest BCUT2D eigenvalue weighted by Crippen LogP contribution is -3.00. The van der Waals surface area contributed by atoms with E-state index in [1.54, 1.807) is 0 Å². The first kappa shape index (κ1) is 25.2. The minimum atomic E-state index is 0. The van der Waals surface area contributed by atoms with E-state index in [1.807, 2.05) is 0 Å². The van der Waals surface area contributed by atoms with Gasteiger partial charge in [0.25, 0.3) is 0 Å². The van der Waals surface area contributed by atoms with Crippen molar-refractivity contribution in [3.05, 3.63) is 0 Å². The number of nitrogens with zero attached hydrogens (tertiary/aromatic N) is 1. The van der Waals surface area contributed by atoms with Gasteiger partial charge in [0, 0.05) is 12.8 Å². The largest absolute Gasteiger partial charge is 1.00 e. The molecule has 3 atom stereocenters.